The van der Waals surface area contributed by atoms with E-state index in [4.69, 9.17) is 0 Å². The average molecular weight is 276 g/mol. The number of anilines is 1. The number of carboxylic acids is 1. The Balaban J connectivity index is 1.84. The van der Waals surface area contributed by atoms with E-state index in [9.17, 15) is 9.90 Å². The molecular formula is C18H14NO2-. The molecule has 0 aromatic heterocycles. The molecule has 0 saturated heterocycles. The van der Waals surface area contributed by atoms with Gasteiger partial charge in [-0.15, -0.1) is 0 Å². The molecule has 3 aromatic carbocycles. The molecule has 3 heteroatoms. The highest BCUT2D eigenvalue weighted by atomic mass is 16.4. The van der Waals surface area contributed by atoms with E-state index in [2.05, 4.69) is 29.6 Å². The fraction of sp³-hybridized carbons (Fsp3) is 0.0556. The Morgan fingerprint density at radius 1 is 0.952 bits per heavy atom. The van der Waals surface area contributed by atoms with Gasteiger partial charge in [0.2, 0.25) is 0 Å². The molecule has 0 radical (unpaired) electrons. The van der Waals surface area contributed by atoms with Gasteiger partial charge in [0.05, 0.1) is 5.97 Å². The summed E-state index contributed by atoms with van der Waals surface area (Å²) in [6, 6.07) is 21.0. The van der Waals surface area contributed by atoms with Crippen molar-refractivity contribution in [2.24, 2.45) is 0 Å². The SMILES string of the molecule is O=C([O-])c1cccc(NCc2cccc3ccccc23)c1. The molecule has 104 valence electrons. The summed E-state index contributed by atoms with van der Waals surface area (Å²) >= 11 is 0. The Morgan fingerprint density at radius 3 is 2.57 bits per heavy atom. The van der Waals surface area contributed by atoms with Gasteiger partial charge in [0.25, 0.3) is 0 Å². The van der Waals surface area contributed by atoms with Crippen LogP contribution in [0.1, 0.15) is 15.9 Å². The second-order valence-corrected chi connectivity index (χ2v) is 4.86. The standard InChI is InChI=1S/C18H15NO2/c20-18(21)14-7-4-9-16(11-14)19-12-15-8-3-6-13-5-1-2-10-17(13)15/h1-11,19H,12H2,(H,20,21)/p-1. The lowest BCUT2D eigenvalue weighted by Crippen LogP contribution is -2.22. The number of fused-ring (bicyclic) bond motifs is 1. The van der Waals surface area contributed by atoms with Gasteiger partial charge in [-0.25, -0.2) is 0 Å². The van der Waals surface area contributed by atoms with Gasteiger partial charge >= 0.3 is 0 Å². The van der Waals surface area contributed by atoms with E-state index < -0.39 is 5.97 Å². The Labute approximate surface area is 122 Å². The van der Waals surface area contributed by atoms with Gasteiger partial charge in [-0.1, -0.05) is 54.6 Å². The van der Waals surface area contributed by atoms with Crippen LogP contribution in [0.15, 0.2) is 66.7 Å². The maximum absolute atomic E-state index is 10.9. The summed E-state index contributed by atoms with van der Waals surface area (Å²) in [5.74, 6) is -1.16. The highest BCUT2D eigenvalue weighted by molar-refractivity contribution is 5.87. The zero-order valence-corrected chi connectivity index (χ0v) is 11.4. The second-order valence-electron chi connectivity index (χ2n) is 4.86. The summed E-state index contributed by atoms with van der Waals surface area (Å²) in [5, 5.41) is 16.5. The van der Waals surface area contributed by atoms with E-state index in [0.717, 1.165) is 5.69 Å². The van der Waals surface area contributed by atoms with Crippen LogP contribution in [0.25, 0.3) is 10.8 Å². The minimum absolute atomic E-state index is 0.179. The second kappa shape index (κ2) is 5.67. The van der Waals surface area contributed by atoms with Gasteiger partial charge in [0.1, 0.15) is 0 Å². The van der Waals surface area contributed by atoms with Crippen LogP contribution in [-0.4, -0.2) is 5.97 Å². The molecule has 0 aliphatic rings. The molecule has 0 bridgehead atoms. The third kappa shape index (κ3) is 2.87. The lowest BCUT2D eigenvalue weighted by molar-refractivity contribution is -0.255. The lowest BCUT2D eigenvalue weighted by Gasteiger charge is -2.11. The van der Waals surface area contributed by atoms with Crippen molar-refractivity contribution in [3.63, 3.8) is 0 Å². The van der Waals surface area contributed by atoms with E-state index in [1.807, 2.05) is 24.3 Å². The number of carboxylic acid groups (broad SMARTS) is 1. The molecule has 0 atom stereocenters. The molecule has 21 heavy (non-hydrogen) atoms. The van der Waals surface area contributed by atoms with Crippen molar-refractivity contribution in [3.05, 3.63) is 77.9 Å². The number of aromatic carboxylic acids is 1. The molecular weight excluding hydrogens is 262 g/mol. The number of nitrogens with one attached hydrogen (secondary N) is 1. The molecule has 0 saturated carbocycles. The highest BCUT2D eigenvalue weighted by Crippen LogP contribution is 2.20. The largest absolute Gasteiger partial charge is 0.545 e. The molecule has 0 unspecified atom stereocenters. The number of hydrogen-bond acceptors (Lipinski definition) is 3. The minimum atomic E-state index is -1.16. The van der Waals surface area contributed by atoms with Gasteiger partial charge in [-0.2, -0.15) is 0 Å². The van der Waals surface area contributed by atoms with Crippen molar-refractivity contribution in [2.75, 3.05) is 5.32 Å². The van der Waals surface area contributed by atoms with Crippen molar-refractivity contribution in [2.45, 2.75) is 6.54 Å². The first kappa shape index (κ1) is 13.2. The minimum Gasteiger partial charge on any atom is -0.545 e. The van der Waals surface area contributed by atoms with Crippen molar-refractivity contribution >= 4 is 22.4 Å². The van der Waals surface area contributed by atoms with Gasteiger partial charge in [-0.3, -0.25) is 0 Å². The summed E-state index contributed by atoms with van der Waals surface area (Å²) in [4.78, 5) is 10.9. The normalized spacial score (nSPS) is 10.5. The lowest BCUT2D eigenvalue weighted by atomic mass is 10.0. The third-order valence-electron chi connectivity index (χ3n) is 3.46. The molecule has 3 aromatic rings. The molecule has 3 rings (SSSR count). The van der Waals surface area contributed by atoms with Crippen molar-refractivity contribution in [3.8, 4) is 0 Å². The summed E-state index contributed by atoms with van der Waals surface area (Å²) in [5.41, 5.74) is 2.12. The van der Waals surface area contributed by atoms with Crippen LogP contribution >= 0.6 is 0 Å². The van der Waals surface area contributed by atoms with Gasteiger partial charge in [-0.05, 0) is 34.0 Å². The van der Waals surface area contributed by atoms with E-state index in [-0.39, 0.29) is 5.56 Å². The highest BCUT2D eigenvalue weighted by Gasteiger charge is 2.01. The fourth-order valence-electron chi connectivity index (χ4n) is 2.40. The number of hydrogen-bond donors (Lipinski definition) is 1. The maximum atomic E-state index is 10.9. The van der Waals surface area contributed by atoms with Crippen LogP contribution in [0.2, 0.25) is 0 Å². The van der Waals surface area contributed by atoms with Crippen LogP contribution in [0, 0.1) is 0 Å². The van der Waals surface area contributed by atoms with E-state index in [1.54, 1.807) is 12.1 Å². The average Bonchev–Trinajstić information content (AvgIpc) is 2.53. The molecule has 0 heterocycles. The van der Waals surface area contributed by atoms with Crippen LogP contribution in [0.3, 0.4) is 0 Å². The summed E-state index contributed by atoms with van der Waals surface area (Å²) in [6.45, 7) is 0.637. The van der Waals surface area contributed by atoms with Crippen molar-refractivity contribution in [1.29, 1.82) is 0 Å². The topological polar surface area (TPSA) is 52.2 Å². The van der Waals surface area contributed by atoms with E-state index >= 15 is 0 Å². The number of benzene rings is 3. The van der Waals surface area contributed by atoms with Crippen molar-refractivity contribution < 1.29 is 9.90 Å². The molecule has 3 nitrogen and oxygen atoms in total. The molecule has 1 N–H and O–H groups in total. The number of rotatable bonds is 4. The quantitative estimate of drug-likeness (QED) is 0.797. The van der Waals surface area contributed by atoms with Gasteiger partial charge in [0.15, 0.2) is 0 Å². The smallest absolute Gasteiger partial charge is 0.0716 e. The van der Waals surface area contributed by atoms with Crippen LogP contribution < -0.4 is 10.4 Å². The first-order chi connectivity index (χ1) is 10.2. The van der Waals surface area contributed by atoms with E-state index in [1.165, 1.54) is 22.4 Å². The van der Waals surface area contributed by atoms with Gasteiger partial charge in [0, 0.05) is 12.2 Å². The predicted molar refractivity (Wildman–Crippen MR) is 82.0 cm³/mol. The molecule has 0 aliphatic carbocycles. The Morgan fingerprint density at radius 2 is 1.71 bits per heavy atom. The molecule has 0 fully saturated rings. The summed E-state index contributed by atoms with van der Waals surface area (Å²) in [7, 11) is 0. The zero-order chi connectivity index (χ0) is 14.7. The molecule has 0 amide bonds. The number of carbonyl (C=O) groups excluding carboxylic acids is 1. The first-order valence-corrected chi connectivity index (χ1v) is 6.76. The predicted octanol–water partition coefficient (Wildman–Crippen LogP) is 2.82. The first-order valence-electron chi connectivity index (χ1n) is 6.76. The summed E-state index contributed by atoms with van der Waals surface area (Å²) < 4.78 is 0. The number of carbonyl (C=O) groups is 1. The van der Waals surface area contributed by atoms with E-state index in [0.29, 0.717) is 6.54 Å². The Bertz CT molecular complexity index is 791. The van der Waals surface area contributed by atoms with Gasteiger partial charge < -0.3 is 15.2 Å². The zero-order valence-electron chi connectivity index (χ0n) is 11.4. The Hall–Kier alpha value is -2.81. The third-order valence-corrected chi connectivity index (χ3v) is 3.46. The van der Waals surface area contributed by atoms with Crippen LogP contribution in [-0.2, 0) is 6.54 Å². The fourth-order valence-corrected chi connectivity index (χ4v) is 2.40. The van der Waals surface area contributed by atoms with Crippen LogP contribution in [0.4, 0.5) is 5.69 Å². The molecule has 0 spiro atoms. The summed E-state index contributed by atoms with van der Waals surface area (Å²) in [6.07, 6.45) is 0. The monoisotopic (exact) mass is 276 g/mol. The Kier molecular flexibility index (Phi) is 3.56. The molecule has 0 aliphatic heterocycles. The maximum Gasteiger partial charge on any atom is 0.0716 e. The van der Waals surface area contributed by atoms with Crippen LogP contribution in [0.5, 0.6) is 0 Å². The van der Waals surface area contributed by atoms with Crippen molar-refractivity contribution in [1.82, 2.24) is 0 Å².